The summed E-state index contributed by atoms with van der Waals surface area (Å²) in [7, 11) is 0. The molecule has 1 saturated heterocycles. The molecule has 0 unspecified atom stereocenters. The molecule has 2 aromatic heterocycles. The van der Waals surface area contributed by atoms with Crippen LogP contribution in [0.25, 0.3) is 16.8 Å². The number of halogens is 2. The average Bonchev–Trinajstić information content (AvgIpc) is 3.36. The summed E-state index contributed by atoms with van der Waals surface area (Å²) in [4.78, 5) is 20.0. The molecule has 4 aromatic rings. The summed E-state index contributed by atoms with van der Waals surface area (Å²) < 4.78 is 32.0. The zero-order valence-electron chi connectivity index (χ0n) is 20.7. The number of aliphatic hydroxyl groups is 1. The van der Waals surface area contributed by atoms with E-state index >= 15 is 8.78 Å². The third kappa shape index (κ3) is 5.22. The summed E-state index contributed by atoms with van der Waals surface area (Å²) in [5, 5.41) is 14.8. The van der Waals surface area contributed by atoms with Gasteiger partial charge in [-0.3, -0.25) is 9.69 Å². The van der Waals surface area contributed by atoms with E-state index in [4.69, 9.17) is 5.11 Å². The van der Waals surface area contributed by atoms with Crippen LogP contribution in [0.2, 0.25) is 0 Å². The maximum atomic E-state index is 15.1. The lowest BCUT2D eigenvalue weighted by Gasteiger charge is -2.36. The Labute approximate surface area is 218 Å². The van der Waals surface area contributed by atoms with E-state index in [1.807, 2.05) is 39.6 Å². The Balaban J connectivity index is 1.37. The first-order valence-corrected chi connectivity index (χ1v) is 12.3. The van der Waals surface area contributed by atoms with Gasteiger partial charge in [0.15, 0.2) is 11.6 Å². The minimum absolute atomic E-state index is 0.0140. The summed E-state index contributed by atoms with van der Waals surface area (Å²) in [6.07, 6.45) is 4.56. The Morgan fingerprint density at radius 3 is 2.66 bits per heavy atom. The van der Waals surface area contributed by atoms with Gasteiger partial charge in [0.1, 0.15) is 5.82 Å². The second-order valence-electron chi connectivity index (χ2n) is 9.00. The van der Waals surface area contributed by atoms with Gasteiger partial charge in [0, 0.05) is 44.0 Å². The van der Waals surface area contributed by atoms with Crippen LogP contribution < -0.4 is 15.5 Å². The fourth-order valence-electron chi connectivity index (χ4n) is 4.63. The van der Waals surface area contributed by atoms with E-state index in [0.29, 0.717) is 44.2 Å². The highest BCUT2D eigenvalue weighted by atomic mass is 19.2. The van der Waals surface area contributed by atoms with Crippen LogP contribution in [0.3, 0.4) is 0 Å². The van der Waals surface area contributed by atoms with Crippen LogP contribution in [0.4, 0.5) is 31.7 Å². The van der Waals surface area contributed by atoms with Crippen LogP contribution in [0, 0.1) is 11.6 Å². The van der Waals surface area contributed by atoms with Crippen molar-refractivity contribution in [1.82, 2.24) is 14.3 Å². The summed E-state index contributed by atoms with van der Waals surface area (Å²) in [6.45, 7) is 6.58. The zero-order chi connectivity index (χ0) is 26.6. The van der Waals surface area contributed by atoms with E-state index in [0.717, 1.165) is 16.8 Å². The van der Waals surface area contributed by atoms with Crippen molar-refractivity contribution in [2.24, 2.45) is 0 Å². The molecule has 3 N–H and O–H groups in total. The molecule has 3 heterocycles. The average molecular weight is 519 g/mol. The molecule has 1 fully saturated rings. The first kappa shape index (κ1) is 25.4. The molecule has 5 rings (SSSR count). The van der Waals surface area contributed by atoms with Crippen molar-refractivity contribution in [2.45, 2.75) is 0 Å². The fraction of sp³-hybridized carbons (Fsp3) is 0.214. The molecular weight excluding hydrogens is 490 g/mol. The molecule has 1 aliphatic heterocycles. The number of hydrogen-bond acceptors (Lipinski definition) is 6. The van der Waals surface area contributed by atoms with Gasteiger partial charge in [-0.1, -0.05) is 18.7 Å². The van der Waals surface area contributed by atoms with E-state index in [2.05, 4.69) is 27.1 Å². The van der Waals surface area contributed by atoms with Crippen LogP contribution in [0.1, 0.15) is 0 Å². The molecule has 2 aromatic carbocycles. The lowest BCUT2D eigenvalue weighted by Crippen LogP contribution is -2.47. The number of carbonyl (C=O) groups excluding carboxylic acids is 1. The Bertz CT molecular complexity index is 1480. The van der Waals surface area contributed by atoms with Gasteiger partial charge in [-0.15, -0.1) is 0 Å². The van der Waals surface area contributed by atoms with Gasteiger partial charge in [0.25, 0.3) is 0 Å². The van der Waals surface area contributed by atoms with Crippen molar-refractivity contribution in [1.29, 1.82) is 0 Å². The van der Waals surface area contributed by atoms with Crippen molar-refractivity contribution in [3.05, 3.63) is 85.2 Å². The molecule has 38 heavy (non-hydrogen) atoms. The first-order chi connectivity index (χ1) is 18.5. The Hall–Kier alpha value is -4.28. The van der Waals surface area contributed by atoms with Crippen LogP contribution in [-0.2, 0) is 4.79 Å². The van der Waals surface area contributed by atoms with Crippen molar-refractivity contribution in [3.8, 4) is 11.3 Å². The summed E-state index contributed by atoms with van der Waals surface area (Å²) in [6, 6.07) is 14.3. The van der Waals surface area contributed by atoms with Crippen molar-refractivity contribution >= 4 is 34.3 Å². The smallest absolute Gasteiger partial charge is 0.247 e. The molecule has 196 valence electrons. The quantitative estimate of drug-likeness (QED) is 0.302. The molecule has 0 spiro atoms. The molecule has 1 amide bonds. The largest absolute Gasteiger partial charge is 0.395 e. The fourth-order valence-corrected chi connectivity index (χ4v) is 4.63. The summed E-state index contributed by atoms with van der Waals surface area (Å²) >= 11 is 0. The van der Waals surface area contributed by atoms with Gasteiger partial charge >= 0.3 is 0 Å². The standard InChI is InChI=1S/C28H28F2N6O2/c1-2-26(38)32-20-5-3-4-19(16-20)23-8-6-21-17-31-25(18-36(21)23)33-22-7-9-24(28(30)27(22)29)35-12-10-34(11-13-35)14-15-37/h2-9,16-18,33,37H,1,10-15H2,(H,32,38). The monoisotopic (exact) mass is 518 g/mol. The van der Waals surface area contributed by atoms with Crippen LogP contribution in [0.15, 0.2) is 73.6 Å². The number of piperazine rings is 1. The number of nitrogens with one attached hydrogen (secondary N) is 2. The maximum Gasteiger partial charge on any atom is 0.247 e. The molecule has 0 atom stereocenters. The van der Waals surface area contributed by atoms with Gasteiger partial charge in [0.05, 0.1) is 41.6 Å². The van der Waals surface area contributed by atoms with Crippen LogP contribution in [-0.4, -0.2) is 64.6 Å². The van der Waals surface area contributed by atoms with Gasteiger partial charge in [-0.2, -0.15) is 0 Å². The lowest BCUT2D eigenvalue weighted by molar-refractivity contribution is -0.111. The highest BCUT2D eigenvalue weighted by Gasteiger charge is 2.22. The molecule has 0 saturated carbocycles. The zero-order valence-corrected chi connectivity index (χ0v) is 20.7. The first-order valence-electron chi connectivity index (χ1n) is 12.3. The van der Waals surface area contributed by atoms with E-state index in [1.165, 1.54) is 12.1 Å². The number of β-amino-alcohol motifs (C(OH)–C–C–N with tert-alkyl or cyclic N) is 1. The van der Waals surface area contributed by atoms with Crippen LogP contribution in [0.5, 0.6) is 0 Å². The predicted molar refractivity (Wildman–Crippen MR) is 145 cm³/mol. The number of fused-ring (bicyclic) bond motifs is 1. The maximum absolute atomic E-state index is 15.1. The Morgan fingerprint density at radius 1 is 1.08 bits per heavy atom. The van der Waals surface area contributed by atoms with Crippen molar-refractivity contribution < 1.29 is 18.7 Å². The van der Waals surface area contributed by atoms with E-state index < -0.39 is 11.6 Å². The van der Waals surface area contributed by atoms with E-state index in [9.17, 15) is 4.79 Å². The summed E-state index contributed by atoms with van der Waals surface area (Å²) in [5.74, 6) is -1.84. The van der Waals surface area contributed by atoms with Crippen molar-refractivity contribution in [3.63, 3.8) is 0 Å². The second kappa shape index (κ2) is 11.0. The van der Waals surface area contributed by atoms with Gasteiger partial charge in [0.2, 0.25) is 5.91 Å². The predicted octanol–water partition coefficient (Wildman–Crippen LogP) is 4.26. The SMILES string of the molecule is C=CC(=O)Nc1cccc(-c2ccc3cnc(Nc4ccc(N5CCN(CCO)CC5)c(F)c4F)cn23)c1. The van der Waals surface area contributed by atoms with E-state index in [1.54, 1.807) is 24.5 Å². The minimum Gasteiger partial charge on any atom is -0.395 e. The highest BCUT2D eigenvalue weighted by molar-refractivity contribution is 5.99. The number of rotatable bonds is 8. The Morgan fingerprint density at radius 2 is 1.89 bits per heavy atom. The normalized spacial score (nSPS) is 14.0. The van der Waals surface area contributed by atoms with Gasteiger partial charge < -0.3 is 25.0 Å². The highest BCUT2D eigenvalue weighted by Crippen LogP contribution is 2.30. The number of amides is 1. The topological polar surface area (TPSA) is 85.1 Å². The molecule has 10 heteroatoms. The third-order valence-corrected chi connectivity index (χ3v) is 6.60. The number of anilines is 4. The molecule has 0 radical (unpaired) electrons. The molecular formula is C28H28F2N6O2. The summed E-state index contributed by atoms with van der Waals surface area (Å²) in [5.41, 5.74) is 3.33. The number of benzene rings is 2. The molecule has 0 bridgehead atoms. The second-order valence-corrected chi connectivity index (χ2v) is 9.00. The number of hydrogen-bond donors (Lipinski definition) is 3. The van der Waals surface area contributed by atoms with Gasteiger partial charge in [-0.25, -0.2) is 13.8 Å². The lowest BCUT2D eigenvalue weighted by atomic mass is 10.1. The number of aromatic nitrogens is 2. The number of carbonyl (C=O) groups is 1. The Kier molecular flexibility index (Phi) is 7.34. The number of nitrogens with zero attached hydrogens (tertiary/aromatic N) is 4. The molecule has 0 aliphatic carbocycles. The van der Waals surface area contributed by atoms with Crippen LogP contribution >= 0.6 is 0 Å². The molecule has 8 nitrogen and oxygen atoms in total. The minimum atomic E-state index is -0.972. The third-order valence-electron chi connectivity index (χ3n) is 6.60. The number of aliphatic hydroxyl groups excluding tert-OH is 1. The van der Waals surface area contributed by atoms with Crippen molar-refractivity contribution in [2.75, 3.05) is 54.9 Å². The van der Waals surface area contributed by atoms with E-state index in [-0.39, 0.29) is 23.9 Å². The molecule has 1 aliphatic rings. The van der Waals surface area contributed by atoms with Gasteiger partial charge in [-0.05, 0) is 42.5 Å².